The summed E-state index contributed by atoms with van der Waals surface area (Å²) in [4.78, 5) is 14.7. The minimum absolute atomic E-state index is 0.221. The van der Waals surface area contributed by atoms with E-state index in [-0.39, 0.29) is 12.3 Å². The standard InChI is InChI=1S/C22H24Cl2N2O2S/c23-19-6-5-17(14-20(19)24)25-7-2-8-26(10-9-25)29-21-4-1-3-16-11-15(12-18(16)21)13-22(27)28/h1,3-6,14-15H,2,7-13H2,(H,27,28). The highest BCUT2D eigenvalue weighted by molar-refractivity contribution is 7.97. The Balaban J connectivity index is 1.41. The van der Waals surface area contributed by atoms with Crippen LogP contribution in [-0.4, -0.2) is 41.6 Å². The molecule has 4 nitrogen and oxygen atoms in total. The molecule has 0 amide bonds. The predicted octanol–water partition coefficient (Wildman–Crippen LogP) is 5.40. The number of halogens is 2. The largest absolute Gasteiger partial charge is 0.481 e. The summed E-state index contributed by atoms with van der Waals surface area (Å²) in [7, 11) is 0. The predicted molar refractivity (Wildman–Crippen MR) is 120 cm³/mol. The van der Waals surface area contributed by atoms with Crippen LogP contribution in [0.2, 0.25) is 10.0 Å². The van der Waals surface area contributed by atoms with Gasteiger partial charge in [-0.15, -0.1) is 0 Å². The lowest BCUT2D eigenvalue weighted by Gasteiger charge is -2.24. The highest BCUT2D eigenvalue weighted by atomic mass is 35.5. The van der Waals surface area contributed by atoms with Crippen LogP contribution in [0.15, 0.2) is 41.3 Å². The van der Waals surface area contributed by atoms with Crippen molar-refractivity contribution in [3.05, 3.63) is 57.6 Å². The monoisotopic (exact) mass is 450 g/mol. The third kappa shape index (κ3) is 5.02. The zero-order valence-corrected chi connectivity index (χ0v) is 18.4. The molecule has 0 aromatic heterocycles. The molecule has 29 heavy (non-hydrogen) atoms. The van der Waals surface area contributed by atoms with Crippen LogP contribution < -0.4 is 4.90 Å². The Labute approximate surface area is 185 Å². The average Bonchev–Trinajstić information content (AvgIpc) is 2.94. The van der Waals surface area contributed by atoms with E-state index >= 15 is 0 Å². The molecular weight excluding hydrogens is 427 g/mol. The van der Waals surface area contributed by atoms with Gasteiger partial charge in [-0.3, -0.25) is 4.79 Å². The van der Waals surface area contributed by atoms with E-state index in [2.05, 4.69) is 27.4 Å². The molecule has 1 aliphatic carbocycles. The molecule has 2 aromatic carbocycles. The first kappa shape index (κ1) is 20.9. The van der Waals surface area contributed by atoms with Crippen LogP contribution in [0.4, 0.5) is 5.69 Å². The van der Waals surface area contributed by atoms with Crippen molar-refractivity contribution in [3.8, 4) is 0 Å². The second-order valence-corrected chi connectivity index (χ2v) is 9.68. The van der Waals surface area contributed by atoms with Gasteiger partial charge in [-0.1, -0.05) is 35.3 Å². The van der Waals surface area contributed by atoms with Gasteiger partial charge in [0.15, 0.2) is 0 Å². The van der Waals surface area contributed by atoms with E-state index in [1.165, 1.54) is 16.0 Å². The normalized spacial score (nSPS) is 19.8. The van der Waals surface area contributed by atoms with Crippen molar-refractivity contribution < 1.29 is 9.90 Å². The summed E-state index contributed by atoms with van der Waals surface area (Å²) in [6, 6.07) is 12.3. The Bertz CT molecular complexity index is 908. The molecule has 0 bridgehead atoms. The molecule has 1 unspecified atom stereocenters. The fraction of sp³-hybridized carbons (Fsp3) is 0.409. The van der Waals surface area contributed by atoms with Gasteiger partial charge in [-0.2, -0.15) is 0 Å². The van der Waals surface area contributed by atoms with E-state index in [1.807, 2.05) is 30.1 Å². The van der Waals surface area contributed by atoms with E-state index in [1.54, 1.807) is 0 Å². The zero-order chi connectivity index (χ0) is 20.4. The number of carboxylic acid groups (broad SMARTS) is 1. The van der Waals surface area contributed by atoms with Crippen LogP contribution in [-0.2, 0) is 17.6 Å². The maximum Gasteiger partial charge on any atom is 0.303 e. The number of carboxylic acids is 1. The quantitative estimate of drug-likeness (QED) is 0.617. The minimum Gasteiger partial charge on any atom is -0.481 e. The zero-order valence-electron chi connectivity index (χ0n) is 16.1. The van der Waals surface area contributed by atoms with Crippen molar-refractivity contribution >= 4 is 46.8 Å². The fourth-order valence-corrected chi connectivity index (χ4v) is 5.67. The number of hydrogen-bond donors (Lipinski definition) is 1. The van der Waals surface area contributed by atoms with E-state index in [0.717, 1.165) is 51.1 Å². The van der Waals surface area contributed by atoms with Gasteiger partial charge in [-0.05, 0) is 72.5 Å². The molecule has 1 fully saturated rings. The summed E-state index contributed by atoms with van der Waals surface area (Å²) >= 11 is 14.1. The first-order valence-corrected chi connectivity index (χ1v) is 11.5. The number of fused-ring (bicyclic) bond motifs is 1. The first-order valence-electron chi connectivity index (χ1n) is 9.95. The average molecular weight is 451 g/mol. The molecule has 7 heteroatoms. The van der Waals surface area contributed by atoms with Gasteiger partial charge in [-0.25, -0.2) is 4.31 Å². The molecule has 1 saturated heterocycles. The SMILES string of the molecule is O=C(O)CC1Cc2cccc(SN3CCCN(c4ccc(Cl)c(Cl)c4)CC3)c2C1. The summed E-state index contributed by atoms with van der Waals surface area (Å²) in [5.74, 6) is -0.481. The Morgan fingerprint density at radius 2 is 1.93 bits per heavy atom. The van der Waals surface area contributed by atoms with Crippen LogP contribution in [0, 0.1) is 5.92 Å². The second kappa shape index (κ2) is 9.17. The lowest BCUT2D eigenvalue weighted by atomic mass is 10.0. The molecule has 154 valence electrons. The minimum atomic E-state index is -0.702. The Hall–Kier alpha value is -1.40. The van der Waals surface area contributed by atoms with Crippen molar-refractivity contribution in [1.29, 1.82) is 0 Å². The molecule has 1 heterocycles. The summed E-state index contributed by atoms with van der Waals surface area (Å²) in [5.41, 5.74) is 3.77. The van der Waals surface area contributed by atoms with Gasteiger partial charge in [0.2, 0.25) is 0 Å². The second-order valence-electron chi connectivity index (χ2n) is 7.73. The first-order chi connectivity index (χ1) is 14.0. The molecular formula is C22H24Cl2N2O2S. The van der Waals surface area contributed by atoms with Gasteiger partial charge >= 0.3 is 5.97 Å². The highest BCUT2D eigenvalue weighted by Crippen LogP contribution is 2.37. The summed E-state index contributed by atoms with van der Waals surface area (Å²) in [5, 5.41) is 10.3. The number of benzene rings is 2. The van der Waals surface area contributed by atoms with Gasteiger partial charge in [0.05, 0.1) is 10.0 Å². The summed E-state index contributed by atoms with van der Waals surface area (Å²) in [6.07, 6.45) is 3.07. The molecule has 2 aromatic rings. The van der Waals surface area contributed by atoms with Crippen molar-refractivity contribution in [2.75, 3.05) is 31.1 Å². The van der Waals surface area contributed by atoms with Crippen LogP contribution >= 0.6 is 35.1 Å². The van der Waals surface area contributed by atoms with Gasteiger partial charge in [0, 0.05) is 43.2 Å². The number of rotatable bonds is 5. The third-order valence-electron chi connectivity index (χ3n) is 5.65. The van der Waals surface area contributed by atoms with Gasteiger partial charge in [0.1, 0.15) is 0 Å². The Morgan fingerprint density at radius 3 is 2.72 bits per heavy atom. The maximum absolute atomic E-state index is 11.1. The van der Waals surface area contributed by atoms with Gasteiger partial charge in [0.25, 0.3) is 0 Å². The number of aliphatic carboxylic acids is 1. The molecule has 0 spiro atoms. The van der Waals surface area contributed by atoms with E-state index in [4.69, 9.17) is 28.3 Å². The summed E-state index contributed by atoms with van der Waals surface area (Å²) in [6.45, 7) is 3.89. The lowest BCUT2D eigenvalue weighted by Crippen LogP contribution is -2.28. The van der Waals surface area contributed by atoms with Crippen LogP contribution in [0.1, 0.15) is 24.0 Å². The van der Waals surface area contributed by atoms with Crippen LogP contribution in [0.5, 0.6) is 0 Å². The molecule has 0 radical (unpaired) electrons. The van der Waals surface area contributed by atoms with Crippen LogP contribution in [0.25, 0.3) is 0 Å². The number of nitrogens with zero attached hydrogens (tertiary/aromatic N) is 2. The Kier molecular flexibility index (Phi) is 6.60. The molecule has 2 aliphatic rings. The fourth-order valence-electron chi connectivity index (χ4n) is 4.25. The van der Waals surface area contributed by atoms with E-state index < -0.39 is 5.97 Å². The molecule has 4 rings (SSSR count). The molecule has 1 aliphatic heterocycles. The van der Waals surface area contributed by atoms with Crippen molar-refractivity contribution in [2.24, 2.45) is 5.92 Å². The summed E-state index contributed by atoms with van der Waals surface area (Å²) < 4.78 is 2.43. The van der Waals surface area contributed by atoms with Crippen molar-refractivity contribution in [3.63, 3.8) is 0 Å². The smallest absolute Gasteiger partial charge is 0.303 e. The number of anilines is 1. The lowest BCUT2D eigenvalue weighted by molar-refractivity contribution is -0.138. The topological polar surface area (TPSA) is 43.8 Å². The van der Waals surface area contributed by atoms with Crippen molar-refractivity contribution in [2.45, 2.75) is 30.6 Å². The van der Waals surface area contributed by atoms with E-state index in [9.17, 15) is 4.79 Å². The molecule has 1 N–H and O–H groups in total. The third-order valence-corrected chi connectivity index (χ3v) is 7.59. The molecule has 0 saturated carbocycles. The van der Waals surface area contributed by atoms with Crippen molar-refractivity contribution in [1.82, 2.24) is 4.31 Å². The number of hydrogen-bond acceptors (Lipinski definition) is 4. The molecule has 1 atom stereocenters. The highest BCUT2D eigenvalue weighted by Gasteiger charge is 2.27. The maximum atomic E-state index is 11.1. The number of carbonyl (C=O) groups is 1. The van der Waals surface area contributed by atoms with Crippen LogP contribution in [0.3, 0.4) is 0 Å². The van der Waals surface area contributed by atoms with Gasteiger partial charge < -0.3 is 10.0 Å². The van der Waals surface area contributed by atoms with E-state index in [0.29, 0.717) is 10.0 Å². The Morgan fingerprint density at radius 1 is 1.07 bits per heavy atom.